The Labute approximate surface area is 151 Å². The van der Waals surface area contributed by atoms with Gasteiger partial charge in [0.2, 0.25) is 5.91 Å². The minimum atomic E-state index is -2.93. The van der Waals surface area contributed by atoms with Crippen LogP contribution in [0.1, 0.15) is 23.6 Å². The molecule has 0 unspecified atom stereocenters. The molecule has 4 nitrogen and oxygen atoms in total. The molecular weight excluding hydrogens is 340 g/mol. The summed E-state index contributed by atoms with van der Waals surface area (Å²) >= 11 is 0. The third-order valence-electron chi connectivity index (χ3n) is 3.82. The van der Waals surface area contributed by atoms with Crippen molar-refractivity contribution in [2.45, 2.75) is 26.9 Å². The fourth-order valence-corrected chi connectivity index (χ4v) is 2.52. The van der Waals surface area contributed by atoms with Crippen molar-refractivity contribution < 1.29 is 23.0 Å². The summed E-state index contributed by atoms with van der Waals surface area (Å²) in [5.74, 6) is -0.169. The molecule has 0 aliphatic carbocycles. The molecule has 1 amide bonds. The maximum absolute atomic E-state index is 12.3. The molecule has 0 fully saturated rings. The average Bonchev–Trinajstić information content (AvgIpc) is 2.62. The number of carbonyl (C=O) groups is 1. The van der Waals surface area contributed by atoms with E-state index in [2.05, 4.69) is 10.1 Å². The Morgan fingerprint density at radius 3 is 2.65 bits per heavy atom. The van der Waals surface area contributed by atoms with Gasteiger partial charge in [0.1, 0.15) is 0 Å². The molecule has 2 aromatic carbocycles. The van der Waals surface area contributed by atoms with E-state index in [0.717, 1.165) is 23.2 Å². The van der Waals surface area contributed by atoms with Gasteiger partial charge >= 0.3 is 6.61 Å². The number of amides is 1. The molecule has 2 rings (SSSR count). The van der Waals surface area contributed by atoms with E-state index in [1.165, 1.54) is 25.3 Å². The largest absolute Gasteiger partial charge is 0.493 e. The Morgan fingerprint density at radius 1 is 1.23 bits per heavy atom. The number of aryl methyl sites for hydroxylation is 2. The number of ether oxygens (including phenoxy) is 2. The van der Waals surface area contributed by atoms with Gasteiger partial charge in [-0.1, -0.05) is 31.2 Å². The number of alkyl halides is 2. The second kappa shape index (κ2) is 8.99. The van der Waals surface area contributed by atoms with Gasteiger partial charge in [-0.25, -0.2) is 0 Å². The fraction of sp³-hybridized carbons (Fsp3) is 0.250. The number of rotatable bonds is 7. The summed E-state index contributed by atoms with van der Waals surface area (Å²) in [5.41, 5.74) is 3.48. The van der Waals surface area contributed by atoms with Crippen molar-refractivity contribution in [2.24, 2.45) is 0 Å². The van der Waals surface area contributed by atoms with Crippen LogP contribution in [0.25, 0.3) is 6.08 Å². The molecule has 0 saturated carbocycles. The van der Waals surface area contributed by atoms with Gasteiger partial charge in [0, 0.05) is 11.8 Å². The molecular formula is C20H21F2NO3. The summed E-state index contributed by atoms with van der Waals surface area (Å²) in [6.07, 6.45) is 3.77. The van der Waals surface area contributed by atoms with Crippen LogP contribution in [0.2, 0.25) is 0 Å². The lowest BCUT2D eigenvalue weighted by atomic mass is 10.1. The van der Waals surface area contributed by atoms with E-state index in [0.29, 0.717) is 5.56 Å². The van der Waals surface area contributed by atoms with E-state index in [1.54, 1.807) is 12.1 Å². The molecule has 0 aliphatic heterocycles. The minimum Gasteiger partial charge on any atom is -0.493 e. The zero-order chi connectivity index (χ0) is 19.1. The first-order valence-corrected chi connectivity index (χ1v) is 8.15. The molecule has 0 atom stereocenters. The van der Waals surface area contributed by atoms with Crippen molar-refractivity contribution in [1.82, 2.24) is 0 Å². The second-order valence-electron chi connectivity index (χ2n) is 5.57. The summed E-state index contributed by atoms with van der Waals surface area (Å²) in [6, 6.07) is 10.3. The molecule has 6 heteroatoms. The molecule has 26 heavy (non-hydrogen) atoms. The first kappa shape index (κ1) is 19.4. The Bertz CT molecular complexity index is 804. The molecule has 138 valence electrons. The van der Waals surface area contributed by atoms with Crippen molar-refractivity contribution in [3.63, 3.8) is 0 Å². The number of hydrogen-bond acceptors (Lipinski definition) is 3. The van der Waals surface area contributed by atoms with Crippen LogP contribution in [0.15, 0.2) is 42.5 Å². The predicted molar refractivity (Wildman–Crippen MR) is 97.8 cm³/mol. The maximum atomic E-state index is 12.3. The number of benzene rings is 2. The molecule has 0 saturated heterocycles. The third-order valence-corrected chi connectivity index (χ3v) is 3.82. The molecule has 0 radical (unpaired) electrons. The van der Waals surface area contributed by atoms with Crippen LogP contribution in [0.4, 0.5) is 14.5 Å². The summed E-state index contributed by atoms with van der Waals surface area (Å²) in [6.45, 7) is 1.03. The third kappa shape index (κ3) is 5.05. The lowest BCUT2D eigenvalue weighted by molar-refractivity contribution is -0.111. The summed E-state index contributed by atoms with van der Waals surface area (Å²) in [5, 5.41) is 2.89. The molecule has 1 N–H and O–H groups in total. The van der Waals surface area contributed by atoms with E-state index in [-0.39, 0.29) is 17.4 Å². The van der Waals surface area contributed by atoms with Crippen molar-refractivity contribution in [3.05, 3.63) is 59.2 Å². The minimum absolute atomic E-state index is 0.0587. The lowest BCUT2D eigenvalue weighted by Gasteiger charge is -2.11. The fourth-order valence-electron chi connectivity index (χ4n) is 2.52. The molecule has 0 aromatic heterocycles. The zero-order valence-corrected chi connectivity index (χ0v) is 14.9. The van der Waals surface area contributed by atoms with Gasteiger partial charge in [-0.2, -0.15) is 8.78 Å². The summed E-state index contributed by atoms with van der Waals surface area (Å²) in [7, 11) is 1.36. The Balaban J connectivity index is 2.13. The first-order valence-electron chi connectivity index (χ1n) is 8.15. The highest BCUT2D eigenvalue weighted by Crippen LogP contribution is 2.30. The van der Waals surface area contributed by atoms with E-state index in [1.807, 2.05) is 32.0 Å². The molecule has 0 heterocycles. The van der Waals surface area contributed by atoms with Crippen LogP contribution < -0.4 is 14.8 Å². The van der Waals surface area contributed by atoms with Crippen molar-refractivity contribution in [3.8, 4) is 11.5 Å². The van der Waals surface area contributed by atoms with E-state index in [4.69, 9.17) is 4.74 Å². The quantitative estimate of drug-likeness (QED) is 0.719. The number of halogens is 2. The Kier molecular flexibility index (Phi) is 6.72. The highest BCUT2D eigenvalue weighted by atomic mass is 19.3. The zero-order valence-electron chi connectivity index (χ0n) is 14.9. The molecule has 0 aliphatic rings. The van der Waals surface area contributed by atoms with Crippen molar-refractivity contribution in [2.75, 3.05) is 12.4 Å². The molecule has 0 spiro atoms. The van der Waals surface area contributed by atoms with Gasteiger partial charge in [0.05, 0.1) is 7.11 Å². The molecule has 0 bridgehead atoms. The number of para-hydroxylation sites is 1. The highest BCUT2D eigenvalue weighted by molar-refractivity contribution is 6.02. The van der Waals surface area contributed by atoms with Gasteiger partial charge in [-0.05, 0) is 48.2 Å². The predicted octanol–water partition coefficient (Wildman–Crippen LogP) is 4.82. The van der Waals surface area contributed by atoms with Crippen LogP contribution in [0.3, 0.4) is 0 Å². The van der Waals surface area contributed by atoms with Gasteiger partial charge < -0.3 is 14.8 Å². The van der Waals surface area contributed by atoms with Crippen molar-refractivity contribution in [1.29, 1.82) is 0 Å². The van der Waals surface area contributed by atoms with Gasteiger partial charge in [0.25, 0.3) is 0 Å². The standard InChI is InChI=1S/C20H21F2NO3/c1-4-15-7-5-6-13(2)19(15)23-18(24)11-9-14-8-10-16(26-20(21)22)17(12-14)25-3/h5-12,20H,4H2,1-3H3,(H,23,24)/b11-9+. The number of methoxy groups -OCH3 is 1. The van der Waals surface area contributed by atoms with E-state index in [9.17, 15) is 13.6 Å². The number of hydrogen-bond donors (Lipinski definition) is 1. The first-order chi connectivity index (χ1) is 12.4. The lowest BCUT2D eigenvalue weighted by Crippen LogP contribution is -2.11. The Morgan fingerprint density at radius 2 is 2.00 bits per heavy atom. The van der Waals surface area contributed by atoms with Gasteiger partial charge in [-0.3, -0.25) is 4.79 Å². The monoisotopic (exact) mass is 361 g/mol. The van der Waals surface area contributed by atoms with Crippen LogP contribution in [-0.2, 0) is 11.2 Å². The number of carbonyl (C=O) groups excluding carboxylic acids is 1. The highest BCUT2D eigenvalue weighted by Gasteiger charge is 2.11. The van der Waals surface area contributed by atoms with Crippen molar-refractivity contribution >= 4 is 17.7 Å². The van der Waals surface area contributed by atoms with Crippen LogP contribution >= 0.6 is 0 Å². The van der Waals surface area contributed by atoms with Gasteiger partial charge in [-0.15, -0.1) is 0 Å². The van der Waals surface area contributed by atoms with Crippen LogP contribution in [-0.4, -0.2) is 19.6 Å². The number of anilines is 1. The molecule has 2 aromatic rings. The smallest absolute Gasteiger partial charge is 0.387 e. The topological polar surface area (TPSA) is 47.6 Å². The summed E-state index contributed by atoms with van der Waals surface area (Å²) in [4.78, 5) is 12.2. The Hall–Kier alpha value is -2.89. The normalized spacial score (nSPS) is 11.0. The number of nitrogens with one attached hydrogen (secondary N) is 1. The van der Waals surface area contributed by atoms with Gasteiger partial charge in [0.15, 0.2) is 11.5 Å². The van der Waals surface area contributed by atoms with Crippen LogP contribution in [0, 0.1) is 6.92 Å². The summed E-state index contributed by atoms with van der Waals surface area (Å²) < 4.78 is 34.1. The van der Waals surface area contributed by atoms with E-state index < -0.39 is 6.61 Å². The second-order valence-corrected chi connectivity index (χ2v) is 5.57. The van der Waals surface area contributed by atoms with E-state index >= 15 is 0 Å². The SMILES string of the molecule is CCc1cccc(C)c1NC(=O)/C=C/c1ccc(OC(F)F)c(OC)c1. The maximum Gasteiger partial charge on any atom is 0.387 e. The average molecular weight is 361 g/mol. The van der Waals surface area contributed by atoms with Crippen LogP contribution in [0.5, 0.6) is 11.5 Å².